The molecule has 1 fully saturated rings. The van der Waals surface area contributed by atoms with Crippen molar-refractivity contribution < 1.29 is 4.39 Å². The third-order valence-corrected chi connectivity index (χ3v) is 5.99. The summed E-state index contributed by atoms with van der Waals surface area (Å²) >= 11 is 0. The summed E-state index contributed by atoms with van der Waals surface area (Å²) in [6.07, 6.45) is 5.96. The van der Waals surface area contributed by atoms with E-state index < -0.39 is 0 Å². The average Bonchev–Trinajstić information content (AvgIpc) is 3.32. The number of nitrogens with zero attached hydrogens (tertiary/aromatic N) is 2. The predicted octanol–water partition coefficient (Wildman–Crippen LogP) is 5.39. The van der Waals surface area contributed by atoms with E-state index in [0.29, 0.717) is 12.0 Å². The lowest BCUT2D eigenvalue weighted by Gasteiger charge is -2.36. The molecule has 0 saturated heterocycles. The molecular formula is C21H29FN2. The molecule has 0 bridgehead atoms. The second-order valence-corrected chi connectivity index (χ2v) is 8.29. The Morgan fingerprint density at radius 3 is 2.58 bits per heavy atom. The topological polar surface area (TPSA) is 6.48 Å². The van der Waals surface area contributed by atoms with Crippen molar-refractivity contribution in [2.45, 2.75) is 70.9 Å². The Kier molecular flexibility index (Phi) is 3.95. The number of allylic oxidation sites excluding steroid dienone is 1. The normalized spacial score (nSPS) is 28.0. The molecule has 0 amide bonds. The molecule has 1 saturated carbocycles. The zero-order valence-corrected chi connectivity index (χ0v) is 15.3. The Labute approximate surface area is 145 Å². The summed E-state index contributed by atoms with van der Waals surface area (Å²) in [5, 5.41) is 4.71. The van der Waals surface area contributed by atoms with Crippen LogP contribution in [0.25, 0.3) is 0 Å². The Bertz CT molecular complexity index is 674. The Morgan fingerprint density at radius 2 is 1.92 bits per heavy atom. The first-order valence-electron chi connectivity index (χ1n) is 9.50. The number of hydrogen-bond acceptors (Lipinski definition) is 2. The molecule has 1 unspecified atom stereocenters. The van der Waals surface area contributed by atoms with Crippen molar-refractivity contribution in [1.29, 1.82) is 0 Å². The highest BCUT2D eigenvalue weighted by Gasteiger charge is 2.41. The third kappa shape index (κ3) is 2.57. The van der Waals surface area contributed by atoms with E-state index in [2.05, 4.69) is 43.9 Å². The molecule has 1 heterocycles. The van der Waals surface area contributed by atoms with Gasteiger partial charge in [0.2, 0.25) is 0 Å². The fourth-order valence-corrected chi connectivity index (χ4v) is 4.69. The second kappa shape index (κ2) is 5.87. The monoisotopic (exact) mass is 328 g/mol. The van der Waals surface area contributed by atoms with Gasteiger partial charge in [0.05, 0.1) is 6.04 Å². The SMILES string of the molecule is CC(C)N1C2=C(CC[C@@H](C)C2)C(c2cc(C3CC3)ccc2F)N1C. The number of hydrogen-bond donors (Lipinski definition) is 0. The van der Waals surface area contributed by atoms with Crippen LogP contribution < -0.4 is 0 Å². The van der Waals surface area contributed by atoms with Gasteiger partial charge in [0.15, 0.2) is 0 Å². The van der Waals surface area contributed by atoms with Gasteiger partial charge in [-0.25, -0.2) is 9.40 Å². The van der Waals surface area contributed by atoms with E-state index in [4.69, 9.17) is 0 Å². The summed E-state index contributed by atoms with van der Waals surface area (Å²) in [4.78, 5) is 0. The van der Waals surface area contributed by atoms with Gasteiger partial charge < -0.3 is 5.01 Å². The van der Waals surface area contributed by atoms with Crippen molar-refractivity contribution >= 4 is 0 Å². The smallest absolute Gasteiger partial charge is 0.128 e. The highest BCUT2D eigenvalue weighted by atomic mass is 19.1. The maximum absolute atomic E-state index is 14.8. The fourth-order valence-electron chi connectivity index (χ4n) is 4.69. The molecule has 1 aromatic rings. The van der Waals surface area contributed by atoms with Crippen LogP contribution in [0.2, 0.25) is 0 Å². The summed E-state index contributed by atoms with van der Waals surface area (Å²) in [6.45, 7) is 6.81. The van der Waals surface area contributed by atoms with Gasteiger partial charge in [0, 0.05) is 24.4 Å². The van der Waals surface area contributed by atoms with E-state index in [1.807, 2.05) is 6.07 Å². The van der Waals surface area contributed by atoms with Gasteiger partial charge in [-0.1, -0.05) is 19.1 Å². The van der Waals surface area contributed by atoms with Crippen LogP contribution in [0.5, 0.6) is 0 Å². The van der Waals surface area contributed by atoms with Crippen LogP contribution in [0.4, 0.5) is 4.39 Å². The lowest BCUT2D eigenvalue weighted by atomic mass is 9.83. The van der Waals surface area contributed by atoms with E-state index in [9.17, 15) is 4.39 Å². The van der Waals surface area contributed by atoms with Gasteiger partial charge in [0.25, 0.3) is 0 Å². The molecule has 2 aliphatic carbocycles. The number of halogens is 1. The first kappa shape index (κ1) is 16.1. The summed E-state index contributed by atoms with van der Waals surface area (Å²) in [6, 6.07) is 6.32. The van der Waals surface area contributed by atoms with Crippen LogP contribution >= 0.6 is 0 Å². The van der Waals surface area contributed by atoms with Gasteiger partial charge in [-0.3, -0.25) is 0 Å². The fraction of sp³-hybridized carbons (Fsp3) is 0.619. The number of likely N-dealkylation sites (N-methyl/N-ethyl adjacent to an activating group) is 1. The van der Waals surface area contributed by atoms with Gasteiger partial charge in [-0.05, 0) is 75.0 Å². The van der Waals surface area contributed by atoms with Crippen molar-refractivity contribution in [3.63, 3.8) is 0 Å². The minimum Gasteiger partial charge on any atom is -0.307 e. The molecule has 24 heavy (non-hydrogen) atoms. The number of benzene rings is 1. The van der Waals surface area contributed by atoms with Crippen LogP contribution in [-0.4, -0.2) is 23.1 Å². The van der Waals surface area contributed by atoms with E-state index in [0.717, 1.165) is 24.3 Å². The summed E-state index contributed by atoms with van der Waals surface area (Å²) < 4.78 is 14.8. The Balaban J connectivity index is 1.78. The Hall–Kier alpha value is -1.35. The molecule has 0 aromatic heterocycles. The molecule has 0 radical (unpaired) electrons. The van der Waals surface area contributed by atoms with Crippen molar-refractivity contribution in [2.75, 3.05) is 7.05 Å². The average molecular weight is 328 g/mol. The largest absolute Gasteiger partial charge is 0.307 e. The highest BCUT2D eigenvalue weighted by molar-refractivity contribution is 5.40. The van der Waals surface area contributed by atoms with Crippen LogP contribution in [-0.2, 0) is 0 Å². The van der Waals surface area contributed by atoms with E-state index >= 15 is 0 Å². The lowest BCUT2D eigenvalue weighted by Crippen LogP contribution is -2.40. The molecule has 130 valence electrons. The predicted molar refractivity (Wildman–Crippen MR) is 95.9 cm³/mol. The molecular weight excluding hydrogens is 299 g/mol. The van der Waals surface area contributed by atoms with Crippen molar-refractivity contribution in [3.8, 4) is 0 Å². The minimum absolute atomic E-state index is 0.0488. The van der Waals surface area contributed by atoms with Crippen LogP contribution in [0.15, 0.2) is 29.5 Å². The quantitative estimate of drug-likeness (QED) is 0.734. The first-order chi connectivity index (χ1) is 11.5. The lowest BCUT2D eigenvalue weighted by molar-refractivity contribution is 0.00164. The minimum atomic E-state index is -0.0488. The van der Waals surface area contributed by atoms with Crippen LogP contribution in [0.1, 0.15) is 76.0 Å². The van der Waals surface area contributed by atoms with E-state index in [-0.39, 0.29) is 11.9 Å². The summed E-state index contributed by atoms with van der Waals surface area (Å²) in [7, 11) is 2.14. The molecule has 4 rings (SSSR count). The third-order valence-electron chi connectivity index (χ3n) is 5.99. The van der Waals surface area contributed by atoms with Gasteiger partial charge in [0.1, 0.15) is 5.82 Å². The molecule has 1 aromatic carbocycles. The second-order valence-electron chi connectivity index (χ2n) is 8.29. The molecule has 2 atom stereocenters. The molecule has 3 heteroatoms. The highest BCUT2D eigenvalue weighted by Crippen LogP contribution is 2.49. The molecule has 2 nitrogen and oxygen atoms in total. The molecule has 3 aliphatic rings. The standard InChI is InChI=1S/C21H29FN2/c1-13(2)24-20-11-14(3)5-9-17(20)21(23(24)4)18-12-16(15-6-7-15)8-10-19(18)22/h8,10,12-15,21H,5-7,9,11H2,1-4H3/t14-,21?/m1/s1. The van der Waals surface area contributed by atoms with Crippen LogP contribution in [0.3, 0.4) is 0 Å². The number of hydrazine groups is 1. The number of rotatable bonds is 3. The summed E-state index contributed by atoms with van der Waals surface area (Å²) in [5.74, 6) is 1.34. The van der Waals surface area contributed by atoms with Crippen molar-refractivity contribution in [2.24, 2.45) is 5.92 Å². The maximum Gasteiger partial charge on any atom is 0.128 e. The molecule has 0 spiro atoms. The zero-order chi connectivity index (χ0) is 17.0. The maximum atomic E-state index is 14.8. The Morgan fingerprint density at radius 1 is 1.17 bits per heavy atom. The van der Waals surface area contributed by atoms with Crippen LogP contribution in [0, 0.1) is 11.7 Å². The van der Waals surface area contributed by atoms with Crippen molar-refractivity contribution in [1.82, 2.24) is 10.0 Å². The van der Waals surface area contributed by atoms with E-state index in [1.54, 1.807) is 6.07 Å². The molecule has 0 N–H and O–H groups in total. The summed E-state index contributed by atoms with van der Waals surface area (Å²) in [5.41, 5.74) is 5.12. The van der Waals surface area contributed by atoms with Crippen molar-refractivity contribution in [3.05, 3.63) is 46.4 Å². The van der Waals surface area contributed by atoms with Gasteiger partial charge >= 0.3 is 0 Å². The van der Waals surface area contributed by atoms with E-state index in [1.165, 1.54) is 36.1 Å². The first-order valence-corrected chi connectivity index (χ1v) is 9.50. The molecule has 1 aliphatic heterocycles. The van der Waals surface area contributed by atoms with Gasteiger partial charge in [-0.15, -0.1) is 0 Å². The van der Waals surface area contributed by atoms with Gasteiger partial charge in [-0.2, -0.15) is 0 Å². The zero-order valence-electron chi connectivity index (χ0n) is 15.3.